The van der Waals surface area contributed by atoms with Crippen molar-refractivity contribution in [1.82, 2.24) is 4.90 Å². The van der Waals surface area contributed by atoms with Crippen LogP contribution in [0.5, 0.6) is 5.75 Å². The number of para-hydroxylation sites is 1. The summed E-state index contributed by atoms with van der Waals surface area (Å²) < 4.78 is 15.6. The molecule has 2 aromatic rings. The van der Waals surface area contributed by atoms with Crippen LogP contribution in [0, 0.1) is 0 Å². The van der Waals surface area contributed by atoms with Gasteiger partial charge in [-0.3, -0.25) is 9.59 Å². The molecule has 1 aliphatic rings. The Balaban J connectivity index is 1.76. The largest absolute Gasteiger partial charge is 0.496 e. The number of rotatable bonds is 8. The Labute approximate surface area is 175 Å². The normalized spacial score (nSPS) is 17.5. The van der Waals surface area contributed by atoms with Gasteiger partial charge in [0.05, 0.1) is 19.8 Å². The van der Waals surface area contributed by atoms with Crippen molar-refractivity contribution in [2.24, 2.45) is 0 Å². The standard InChI is InChI=1S/C22H26N2O6/c1-28-13-20(25)23-17-9-7-15(8-10-17)22(27)18-12-30-14-21(26)24(18)11-16-5-3-4-6-19(16)29-2/h3-10,18,22,27H,11-14H2,1-2H3,(H,23,25). The minimum atomic E-state index is -0.951. The SMILES string of the molecule is COCC(=O)Nc1ccc(C(O)C2COCC(=O)N2Cc2ccccc2OC)cc1. The van der Waals surface area contributed by atoms with Crippen molar-refractivity contribution in [3.8, 4) is 5.75 Å². The van der Waals surface area contributed by atoms with Gasteiger partial charge < -0.3 is 29.5 Å². The lowest BCUT2D eigenvalue weighted by molar-refractivity contribution is -0.155. The van der Waals surface area contributed by atoms with Crippen molar-refractivity contribution in [2.45, 2.75) is 18.7 Å². The van der Waals surface area contributed by atoms with Crippen LogP contribution in [0.2, 0.25) is 0 Å². The van der Waals surface area contributed by atoms with E-state index >= 15 is 0 Å². The summed E-state index contributed by atoms with van der Waals surface area (Å²) in [7, 11) is 3.03. The van der Waals surface area contributed by atoms with Gasteiger partial charge in [-0.15, -0.1) is 0 Å². The average Bonchev–Trinajstić information content (AvgIpc) is 2.75. The molecule has 2 unspecified atom stereocenters. The number of methoxy groups -OCH3 is 2. The third-order valence-electron chi connectivity index (χ3n) is 4.94. The molecule has 1 heterocycles. The highest BCUT2D eigenvalue weighted by Gasteiger charge is 2.35. The number of nitrogens with one attached hydrogen (secondary N) is 1. The molecule has 8 heteroatoms. The van der Waals surface area contributed by atoms with E-state index < -0.39 is 12.1 Å². The van der Waals surface area contributed by atoms with E-state index in [1.807, 2.05) is 24.3 Å². The van der Waals surface area contributed by atoms with Crippen LogP contribution >= 0.6 is 0 Å². The van der Waals surface area contributed by atoms with Gasteiger partial charge in [0.25, 0.3) is 0 Å². The highest BCUT2D eigenvalue weighted by Crippen LogP contribution is 2.28. The van der Waals surface area contributed by atoms with Gasteiger partial charge in [-0.2, -0.15) is 0 Å². The molecule has 1 fully saturated rings. The zero-order valence-electron chi connectivity index (χ0n) is 17.0. The summed E-state index contributed by atoms with van der Waals surface area (Å²) in [5.74, 6) is 0.223. The zero-order valence-corrected chi connectivity index (χ0v) is 17.0. The maximum Gasteiger partial charge on any atom is 0.250 e. The quantitative estimate of drug-likeness (QED) is 0.683. The Morgan fingerprint density at radius 2 is 1.97 bits per heavy atom. The summed E-state index contributed by atoms with van der Waals surface area (Å²) >= 11 is 0. The summed E-state index contributed by atoms with van der Waals surface area (Å²) in [6.45, 7) is 0.458. The maximum atomic E-state index is 12.6. The fourth-order valence-corrected chi connectivity index (χ4v) is 3.42. The monoisotopic (exact) mass is 414 g/mol. The highest BCUT2D eigenvalue weighted by atomic mass is 16.5. The first-order valence-corrected chi connectivity index (χ1v) is 9.59. The Bertz CT molecular complexity index is 870. The van der Waals surface area contributed by atoms with E-state index in [4.69, 9.17) is 14.2 Å². The van der Waals surface area contributed by atoms with Crippen LogP contribution in [-0.2, 0) is 25.6 Å². The number of ether oxygens (including phenoxy) is 3. The molecule has 1 saturated heterocycles. The van der Waals surface area contributed by atoms with E-state index in [9.17, 15) is 14.7 Å². The number of hydrogen-bond donors (Lipinski definition) is 2. The summed E-state index contributed by atoms with van der Waals surface area (Å²) in [6.07, 6.45) is -0.951. The Hall–Kier alpha value is -2.94. The van der Waals surface area contributed by atoms with E-state index in [1.54, 1.807) is 36.3 Å². The number of anilines is 1. The Morgan fingerprint density at radius 3 is 2.67 bits per heavy atom. The summed E-state index contributed by atoms with van der Waals surface area (Å²) in [4.78, 5) is 25.8. The number of carbonyl (C=O) groups excluding carboxylic acids is 2. The first kappa shape index (κ1) is 21.8. The number of hydrogen-bond acceptors (Lipinski definition) is 6. The first-order chi connectivity index (χ1) is 14.5. The molecule has 160 valence electrons. The second-order valence-electron chi connectivity index (χ2n) is 6.96. The van der Waals surface area contributed by atoms with Crippen LogP contribution in [0.1, 0.15) is 17.2 Å². The lowest BCUT2D eigenvalue weighted by Crippen LogP contribution is -2.51. The van der Waals surface area contributed by atoms with E-state index in [2.05, 4.69) is 5.32 Å². The van der Waals surface area contributed by atoms with E-state index in [0.29, 0.717) is 23.5 Å². The molecule has 8 nitrogen and oxygen atoms in total. The molecule has 30 heavy (non-hydrogen) atoms. The third-order valence-corrected chi connectivity index (χ3v) is 4.94. The van der Waals surface area contributed by atoms with Crippen molar-refractivity contribution < 1.29 is 28.9 Å². The van der Waals surface area contributed by atoms with Crippen LogP contribution in [0.3, 0.4) is 0 Å². The van der Waals surface area contributed by atoms with Crippen LogP contribution in [-0.4, -0.2) is 61.9 Å². The van der Waals surface area contributed by atoms with Crippen LogP contribution < -0.4 is 10.1 Å². The van der Waals surface area contributed by atoms with Gasteiger partial charge in [-0.05, 0) is 23.8 Å². The second-order valence-corrected chi connectivity index (χ2v) is 6.96. The molecule has 0 spiro atoms. The molecular formula is C22H26N2O6. The molecular weight excluding hydrogens is 388 g/mol. The minimum Gasteiger partial charge on any atom is -0.496 e. The zero-order chi connectivity index (χ0) is 21.5. The maximum absolute atomic E-state index is 12.6. The van der Waals surface area contributed by atoms with Gasteiger partial charge >= 0.3 is 0 Å². The van der Waals surface area contributed by atoms with Gasteiger partial charge in [0.1, 0.15) is 25.1 Å². The predicted molar refractivity (Wildman–Crippen MR) is 110 cm³/mol. The lowest BCUT2D eigenvalue weighted by Gasteiger charge is -2.38. The molecule has 0 aliphatic carbocycles. The van der Waals surface area contributed by atoms with E-state index in [1.165, 1.54) is 7.11 Å². The van der Waals surface area contributed by atoms with Gasteiger partial charge in [0, 0.05) is 24.9 Å². The molecule has 2 aromatic carbocycles. The molecule has 2 atom stereocenters. The molecule has 0 radical (unpaired) electrons. The number of benzene rings is 2. The van der Waals surface area contributed by atoms with Gasteiger partial charge in [0.15, 0.2) is 0 Å². The van der Waals surface area contributed by atoms with Crippen LogP contribution in [0.4, 0.5) is 5.69 Å². The van der Waals surface area contributed by atoms with Crippen molar-refractivity contribution in [2.75, 3.05) is 39.4 Å². The average molecular weight is 414 g/mol. The van der Waals surface area contributed by atoms with Crippen molar-refractivity contribution in [1.29, 1.82) is 0 Å². The topological polar surface area (TPSA) is 97.3 Å². The second kappa shape index (κ2) is 10.2. The van der Waals surface area contributed by atoms with Crippen molar-refractivity contribution in [3.05, 3.63) is 59.7 Å². The Morgan fingerprint density at radius 1 is 1.23 bits per heavy atom. The number of morpholine rings is 1. The fourth-order valence-electron chi connectivity index (χ4n) is 3.42. The predicted octanol–water partition coefficient (Wildman–Crippen LogP) is 1.74. The summed E-state index contributed by atoms with van der Waals surface area (Å²) in [5, 5.41) is 13.7. The molecule has 0 bridgehead atoms. The molecule has 3 rings (SSSR count). The number of aliphatic hydroxyl groups is 1. The van der Waals surface area contributed by atoms with E-state index in [0.717, 1.165) is 5.56 Å². The lowest BCUT2D eigenvalue weighted by atomic mass is 9.99. The molecule has 0 aromatic heterocycles. The number of aliphatic hydroxyl groups excluding tert-OH is 1. The number of carbonyl (C=O) groups is 2. The minimum absolute atomic E-state index is 0.0250. The van der Waals surface area contributed by atoms with Gasteiger partial charge in [-0.1, -0.05) is 30.3 Å². The Kier molecular flexibility index (Phi) is 7.40. The molecule has 1 aliphatic heterocycles. The van der Waals surface area contributed by atoms with Gasteiger partial charge in [-0.25, -0.2) is 0 Å². The van der Waals surface area contributed by atoms with Crippen LogP contribution in [0.15, 0.2) is 48.5 Å². The molecule has 2 amide bonds. The number of nitrogens with zero attached hydrogens (tertiary/aromatic N) is 1. The van der Waals surface area contributed by atoms with E-state index in [-0.39, 0.29) is 31.6 Å². The van der Waals surface area contributed by atoms with Gasteiger partial charge in [0.2, 0.25) is 11.8 Å². The fraction of sp³-hybridized carbons (Fsp3) is 0.364. The molecule has 2 N–H and O–H groups in total. The number of amides is 2. The summed E-state index contributed by atoms with van der Waals surface area (Å²) in [6, 6.07) is 13.7. The smallest absolute Gasteiger partial charge is 0.250 e. The first-order valence-electron chi connectivity index (χ1n) is 9.59. The third kappa shape index (κ3) is 5.15. The van der Waals surface area contributed by atoms with Crippen molar-refractivity contribution in [3.63, 3.8) is 0 Å². The highest BCUT2D eigenvalue weighted by molar-refractivity contribution is 5.91. The molecule has 0 saturated carbocycles. The summed E-state index contributed by atoms with van der Waals surface area (Å²) in [5.41, 5.74) is 2.06. The van der Waals surface area contributed by atoms with Crippen LogP contribution in [0.25, 0.3) is 0 Å². The van der Waals surface area contributed by atoms with Crippen molar-refractivity contribution >= 4 is 17.5 Å².